The molecule has 1 N–H and O–H groups in total. The summed E-state index contributed by atoms with van der Waals surface area (Å²) in [6.07, 6.45) is 5.10. The molecular weight excluding hydrogens is 370 g/mol. The molecule has 1 unspecified atom stereocenters. The molecule has 2 heterocycles. The summed E-state index contributed by atoms with van der Waals surface area (Å²) in [6, 6.07) is 9.30. The summed E-state index contributed by atoms with van der Waals surface area (Å²) in [5.74, 6) is 0.464. The number of nitrogens with zero attached hydrogens (tertiary/aromatic N) is 2. The van der Waals surface area contributed by atoms with Crippen molar-refractivity contribution >= 4 is 17.6 Å². The van der Waals surface area contributed by atoms with Gasteiger partial charge in [-0.15, -0.1) is 0 Å². The van der Waals surface area contributed by atoms with Gasteiger partial charge < -0.3 is 19.5 Å². The van der Waals surface area contributed by atoms with Gasteiger partial charge in [-0.1, -0.05) is 30.6 Å². The molecule has 1 aliphatic heterocycles. The molecule has 1 aromatic carbocycles. The number of aromatic nitrogens is 1. The van der Waals surface area contributed by atoms with Crippen LogP contribution in [0.5, 0.6) is 0 Å². The molecule has 1 aliphatic rings. The van der Waals surface area contributed by atoms with Crippen molar-refractivity contribution in [2.45, 2.75) is 52.1 Å². The van der Waals surface area contributed by atoms with Gasteiger partial charge in [-0.3, -0.25) is 9.59 Å². The molecule has 7 heteroatoms. The number of amides is 2. The molecule has 2 aromatic rings. The van der Waals surface area contributed by atoms with Gasteiger partial charge in [-0.25, -0.2) is 0 Å². The molecule has 1 fully saturated rings. The standard InChI is InChI=1S/C22H29N3O4/c1-3-4-6-17-8-10-18(11-9-17)22(27)25(14-19-7-5-12-28-19)15-21(26)23-20-13-16(2)29-24-20/h8-11,13,19H,3-7,12,14-15H2,1-2H3,(H,23,24,26). The van der Waals surface area contributed by atoms with Crippen molar-refractivity contribution < 1.29 is 18.8 Å². The normalized spacial score (nSPS) is 16.0. The van der Waals surface area contributed by atoms with Crippen molar-refractivity contribution in [3.63, 3.8) is 0 Å². The fourth-order valence-electron chi connectivity index (χ4n) is 3.41. The van der Waals surface area contributed by atoms with Crippen LogP contribution in [0.25, 0.3) is 0 Å². The Morgan fingerprint density at radius 1 is 1.28 bits per heavy atom. The van der Waals surface area contributed by atoms with Gasteiger partial charge in [0.15, 0.2) is 5.82 Å². The Morgan fingerprint density at radius 2 is 2.07 bits per heavy atom. The molecule has 3 rings (SSSR count). The maximum Gasteiger partial charge on any atom is 0.254 e. The minimum absolute atomic E-state index is 0.0372. The van der Waals surface area contributed by atoms with Gasteiger partial charge in [0, 0.05) is 24.8 Å². The van der Waals surface area contributed by atoms with E-state index in [0.717, 1.165) is 32.1 Å². The topological polar surface area (TPSA) is 84.7 Å². The van der Waals surface area contributed by atoms with E-state index < -0.39 is 0 Å². The van der Waals surface area contributed by atoms with Gasteiger partial charge in [0.05, 0.1) is 6.10 Å². The first-order valence-electron chi connectivity index (χ1n) is 10.3. The minimum atomic E-state index is -0.316. The van der Waals surface area contributed by atoms with Crippen LogP contribution >= 0.6 is 0 Å². The number of hydrogen-bond donors (Lipinski definition) is 1. The fourth-order valence-corrected chi connectivity index (χ4v) is 3.41. The van der Waals surface area contributed by atoms with E-state index in [-0.39, 0.29) is 24.5 Å². The van der Waals surface area contributed by atoms with Crippen molar-refractivity contribution in [2.24, 2.45) is 0 Å². The molecule has 1 saturated heterocycles. The van der Waals surface area contributed by atoms with E-state index in [1.54, 1.807) is 17.9 Å². The van der Waals surface area contributed by atoms with Crippen LogP contribution in [-0.2, 0) is 16.0 Å². The Morgan fingerprint density at radius 3 is 2.69 bits per heavy atom. The highest BCUT2D eigenvalue weighted by molar-refractivity contribution is 5.99. The van der Waals surface area contributed by atoms with Crippen molar-refractivity contribution in [1.29, 1.82) is 0 Å². The number of hydrogen-bond acceptors (Lipinski definition) is 5. The van der Waals surface area contributed by atoms with Crippen LogP contribution in [0, 0.1) is 6.92 Å². The summed E-state index contributed by atoms with van der Waals surface area (Å²) < 4.78 is 10.7. The molecule has 2 amide bonds. The molecule has 0 bridgehead atoms. The number of ether oxygens (including phenoxy) is 1. The fraction of sp³-hybridized carbons (Fsp3) is 0.500. The quantitative estimate of drug-likeness (QED) is 0.697. The van der Waals surface area contributed by atoms with E-state index in [4.69, 9.17) is 9.26 Å². The second-order valence-corrected chi connectivity index (χ2v) is 7.49. The monoisotopic (exact) mass is 399 g/mol. The Kier molecular flexibility index (Phi) is 7.41. The first-order chi connectivity index (χ1) is 14.0. The lowest BCUT2D eigenvalue weighted by molar-refractivity contribution is -0.117. The highest BCUT2D eigenvalue weighted by Crippen LogP contribution is 2.16. The minimum Gasteiger partial charge on any atom is -0.376 e. The van der Waals surface area contributed by atoms with Gasteiger partial charge in [0.2, 0.25) is 5.91 Å². The van der Waals surface area contributed by atoms with E-state index in [1.165, 1.54) is 5.56 Å². The molecular formula is C22H29N3O4. The van der Waals surface area contributed by atoms with Gasteiger partial charge in [0.1, 0.15) is 12.3 Å². The summed E-state index contributed by atoms with van der Waals surface area (Å²) in [6.45, 7) is 4.93. The predicted molar refractivity (Wildman–Crippen MR) is 110 cm³/mol. The van der Waals surface area contributed by atoms with Crippen LogP contribution < -0.4 is 5.32 Å². The van der Waals surface area contributed by atoms with Crippen molar-refractivity contribution in [3.05, 3.63) is 47.2 Å². The lowest BCUT2D eigenvalue weighted by atomic mass is 10.1. The van der Waals surface area contributed by atoms with E-state index in [0.29, 0.717) is 30.3 Å². The molecule has 1 aromatic heterocycles. The van der Waals surface area contributed by atoms with Gasteiger partial charge in [0.25, 0.3) is 5.91 Å². The van der Waals surface area contributed by atoms with E-state index in [1.807, 2.05) is 24.3 Å². The summed E-state index contributed by atoms with van der Waals surface area (Å²) in [7, 11) is 0. The lowest BCUT2D eigenvalue weighted by Crippen LogP contribution is -2.42. The van der Waals surface area contributed by atoms with Crippen LogP contribution in [0.15, 0.2) is 34.9 Å². The third-order valence-corrected chi connectivity index (χ3v) is 4.99. The number of unbranched alkanes of at least 4 members (excludes halogenated alkanes) is 1. The molecule has 1 atom stereocenters. The molecule has 156 valence electrons. The molecule has 0 aliphatic carbocycles. The first-order valence-corrected chi connectivity index (χ1v) is 10.3. The number of carbonyl (C=O) groups is 2. The zero-order chi connectivity index (χ0) is 20.6. The number of rotatable bonds is 9. The number of carbonyl (C=O) groups excluding carboxylic acids is 2. The largest absolute Gasteiger partial charge is 0.376 e. The maximum atomic E-state index is 13.1. The van der Waals surface area contributed by atoms with E-state index >= 15 is 0 Å². The Balaban J connectivity index is 1.67. The van der Waals surface area contributed by atoms with Crippen LogP contribution in [-0.4, -0.2) is 47.7 Å². The number of anilines is 1. The van der Waals surface area contributed by atoms with Gasteiger partial charge >= 0.3 is 0 Å². The zero-order valence-corrected chi connectivity index (χ0v) is 17.1. The number of benzene rings is 1. The Labute approximate surface area is 171 Å². The van der Waals surface area contributed by atoms with Crippen LogP contribution in [0.1, 0.15) is 54.3 Å². The van der Waals surface area contributed by atoms with Gasteiger partial charge in [-0.2, -0.15) is 0 Å². The zero-order valence-electron chi connectivity index (χ0n) is 17.1. The lowest BCUT2D eigenvalue weighted by Gasteiger charge is -2.25. The summed E-state index contributed by atoms with van der Waals surface area (Å²) >= 11 is 0. The summed E-state index contributed by atoms with van der Waals surface area (Å²) in [4.78, 5) is 27.1. The smallest absolute Gasteiger partial charge is 0.254 e. The third kappa shape index (κ3) is 6.15. The van der Waals surface area contributed by atoms with Crippen LogP contribution in [0.3, 0.4) is 0 Å². The molecule has 0 radical (unpaired) electrons. The van der Waals surface area contributed by atoms with E-state index in [9.17, 15) is 9.59 Å². The van der Waals surface area contributed by atoms with Crippen molar-refractivity contribution in [3.8, 4) is 0 Å². The second-order valence-electron chi connectivity index (χ2n) is 7.49. The molecule has 0 saturated carbocycles. The van der Waals surface area contributed by atoms with Crippen LogP contribution in [0.4, 0.5) is 5.82 Å². The third-order valence-electron chi connectivity index (χ3n) is 4.99. The first kappa shape index (κ1) is 21.0. The molecule has 29 heavy (non-hydrogen) atoms. The van der Waals surface area contributed by atoms with Crippen molar-refractivity contribution in [2.75, 3.05) is 25.0 Å². The maximum absolute atomic E-state index is 13.1. The van der Waals surface area contributed by atoms with Crippen LogP contribution in [0.2, 0.25) is 0 Å². The molecule has 0 spiro atoms. The van der Waals surface area contributed by atoms with Gasteiger partial charge in [-0.05, 0) is 50.3 Å². The second kappa shape index (κ2) is 10.2. The highest BCUT2D eigenvalue weighted by atomic mass is 16.5. The Bertz CT molecular complexity index is 810. The highest BCUT2D eigenvalue weighted by Gasteiger charge is 2.25. The summed E-state index contributed by atoms with van der Waals surface area (Å²) in [5.41, 5.74) is 1.79. The molecule has 7 nitrogen and oxygen atoms in total. The average molecular weight is 399 g/mol. The predicted octanol–water partition coefficient (Wildman–Crippen LogP) is 3.59. The number of nitrogens with one attached hydrogen (secondary N) is 1. The number of aryl methyl sites for hydroxylation is 2. The average Bonchev–Trinajstić information content (AvgIpc) is 3.37. The Hall–Kier alpha value is -2.67. The SMILES string of the molecule is CCCCc1ccc(C(=O)N(CC(=O)Nc2cc(C)on2)CC2CCCO2)cc1. The summed E-state index contributed by atoms with van der Waals surface area (Å²) in [5, 5.41) is 6.45. The van der Waals surface area contributed by atoms with Crippen molar-refractivity contribution in [1.82, 2.24) is 10.1 Å². The van der Waals surface area contributed by atoms with E-state index in [2.05, 4.69) is 17.4 Å².